The van der Waals surface area contributed by atoms with Crippen LogP contribution >= 0.6 is 0 Å². The van der Waals surface area contributed by atoms with E-state index in [-0.39, 0.29) is 5.69 Å². The molecule has 1 saturated carbocycles. The lowest BCUT2D eigenvalue weighted by Gasteiger charge is -2.11. The molecule has 2 rings (SSSR count). The van der Waals surface area contributed by atoms with Crippen LogP contribution in [0.25, 0.3) is 0 Å². The molecule has 0 bridgehead atoms. The van der Waals surface area contributed by atoms with Crippen molar-refractivity contribution >= 4 is 17.3 Å². The Morgan fingerprint density at radius 1 is 1.24 bits per heavy atom. The molecule has 0 aliphatic heterocycles. The summed E-state index contributed by atoms with van der Waals surface area (Å²) >= 11 is 0. The lowest BCUT2D eigenvalue weighted by Crippen LogP contribution is -2.12. The molecule has 2 N–H and O–H groups in total. The number of nitro groups is 1. The highest BCUT2D eigenvalue weighted by Crippen LogP contribution is 2.30. The van der Waals surface area contributed by atoms with Gasteiger partial charge >= 0.3 is 5.69 Å². The lowest BCUT2D eigenvalue weighted by atomic mass is 10.0. The molecule has 1 fully saturated rings. The minimum atomic E-state index is -0.421. The summed E-state index contributed by atoms with van der Waals surface area (Å²) in [4.78, 5) is 18.9. The van der Waals surface area contributed by atoms with Crippen LogP contribution in [0, 0.1) is 16.0 Å². The number of nitrogens with zero attached hydrogens (tertiary/aromatic N) is 3. The fourth-order valence-electron chi connectivity index (χ4n) is 2.75. The first-order valence-electron chi connectivity index (χ1n) is 7.69. The molecule has 0 atom stereocenters. The maximum Gasteiger partial charge on any atom is 0.353 e. The largest absolute Gasteiger partial charge is 0.364 e. The third-order valence-corrected chi connectivity index (χ3v) is 3.87. The van der Waals surface area contributed by atoms with Gasteiger partial charge in [0.05, 0.1) is 4.92 Å². The molecule has 21 heavy (non-hydrogen) atoms. The van der Waals surface area contributed by atoms with Crippen molar-refractivity contribution < 1.29 is 4.92 Å². The van der Waals surface area contributed by atoms with Gasteiger partial charge in [-0.3, -0.25) is 10.1 Å². The van der Waals surface area contributed by atoms with Gasteiger partial charge in [-0.1, -0.05) is 32.6 Å². The van der Waals surface area contributed by atoms with Crippen molar-refractivity contribution in [1.82, 2.24) is 9.97 Å². The van der Waals surface area contributed by atoms with E-state index in [9.17, 15) is 10.1 Å². The number of hydrogen-bond donors (Lipinski definition) is 2. The molecule has 1 heterocycles. The summed E-state index contributed by atoms with van der Waals surface area (Å²) < 4.78 is 0. The Balaban J connectivity index is 2.01. The van der Waals surface area contributed by atoms with E-state index in [2.05, 4.69) is 20.6 Å². The predicted octanol–water partition coefficient (Wildman–Crippen LogP) is 3.20. The topological polar surface area (TPSA) is 93.0 Å². The second kappa shape index (κ2) is 7.75. The fraction of sp³-hybridized carbons (Fsp3) is 0.714. The summed E-state index contributed by atoms with van der Waals surface area (Å²) in [5.74, 6) is 1.35. The highest BCUT2D eigenvalue weighted by Gasteiger charge is 2.23. The Bertz CT molecular complexity index is 474. The molecular weight excluding hydrogens is 270 g/mol. The summed E-state index contributed by atoms with van der Waals surface area (Å²) in [7, 11) is 0. The van der Waals surface area contributed by atoms with Crippen molar-refractivity contribution in [2.24, 2.45) is 5.92 Å². The van der Waals surface area contributed by atoms with Gasteiger partial charge in [0, 0.05) is 13.1 Å². The van der Waals surface area contributed by atoms with Crippen LogP contribution in [-0.4, -0.2) is 28.0 Å². The van der Waals surface area contributed by atoms with Crippen molar-refractivity contribution in [2.75, 3.05) is 23.7 Å². The van der Waals surface area contributed by atoms with Gasteiger partial charge in [0.1, 0.15) is 6.33 Å². The van der Waals surface area contributed by atoms with Crippen LogP contribution in [0.4, 0.5) is 17.3 Å². The first kappa shape index (κ1) is 15.5. The molecule has 0 saturated heterocycles. The Morgan fingerprint density at radius 2 is 1.86 bits per heavy atom. The molecule has 0 radical (unpaired) electrons. The molecule has 1 aromatic heterocycles. The molecule has 0 aromatic carbocycles. The van der Waals surface area contributed by atoms with Crippen molar-refractivity contribution in [2.45, 2.75) is 45.4 Å². The second-order valence-electron chi connectivity index (χ2n) is 5.47. The summed E-state index contributed by atoms with van der Waals surface area (Å²) in [5.41, 5.74) is -0.0580. The van der Waals surface area contributed by atoms with Gasteiger partial charge < -0.3 is 10.6 Å². The molecule has 1 aromatic rings. The zero-order chi connectivity index (χ0) is 15.1. The molecule has 116 valence electrons. The van der Waals surface area contributed by atoms with Gasteiger partial charge in [0.25, 0.3) is 0 Å². The summed E-state index contributed by atoms with van der Waals surface area (Å²) in [5, 5.41) is 17.4. The molecule has 1 aliphatic carbocycles. The second-order valence-corrected chi connectivity index (χ2v) is 5.47. The van der Waals surface area contributed by atoms with Gasteiger partial charge in [-0.05, 0) is 18.8 Å². The number of anilines is 2. The number of rotatable bonds is 8. The third-order valence-electron chi connectivity index (χ3n) is 3.87. The van der Waals surface area contributed by atoms with Gasteiger partial charge in [0.2, 0.25) is 11.6 Å². The smallest absolute Gasteiger partial charge is 0.353 e. The van der Waals surface area contributed by atoms with E-state index in [1.165, 1.54) is 32.0 Å². The lowest BCUT2D eigenvalue weighted by molar-refractivity contribution is -0.383. The number of nitrogens with one attached hydrogen (secondary N) is 2. The van der Waals surface area contributed by atoms with E-state index in [1.54, 1.807) is 0 Å². The van der Waals surface area contributed by atoms with E-state index in [4.69, 9.17) is 0 Å². The maximum absolute atomic E-state index is 11.3. The minimum Gasteiger partial charge on any atom is -0.364 e. The van der Waals surface area contributed by atoms with Gasteiger partial charge in [-0.2, -0.15) is 0 Å². The van der Waals surface area contributed by atoms with Crippen LogP contribution < -0.4 is 10.6 Å². The molecule has 0 spiro atoms. The highest BCUT2D eigenvalue weighted by molar-refractivity contribution is 5.69. The molecule has 1 aliphatic rings. The monoisotopic (exact) mass is 293 g/mol. The van der Waals surface area contributed by atoms with E-state index < -0.39 is 4.92 Å². The predicted molar refractivity (Wildman–Crippen MR) is 82.5 cm³/mol. The summed E-state index contributed by atoms with van der Waals surface area (Å²) in [6, 6.07) is 0. The van der Waals surface area contributed by atoms with Gasteiger partial charge in [-0.25, -0.2) is 9.97 Å². The minimum absolute atomic E-state index is 0.0580. The zero-order valence-electron chi connectivity index (χ0n) is 12.5. The van der Waals surface area contributed by atoms with Crippen molar-refractivity contribution in [3.05, 3.63) is 16.4 Å². The van der Waals surface area contributed by atoms with E-state index >= 15 is 0 Å². The van der Waals surface area contributed by atoms with Crippen LogP contribution in [0.2, 0.25) is 0 Å². The SMILES string of the molecule is CCCNc1ncnc(NCCC2CCCC2)c1[N+](=O)[O-]. The maximum atomic E-state index is 11.3. The number of hydrogen-bond acceptors (Lipinski definition) is 6. The first-order chi connectivity index (χ1) is 10.2. The fourth-order valence-corrected chi connectivity index (χ4v) is 2.75. The Morgan fingerprint density at radius 3 is 2.43 bits per heavy atom. The third kappa shape index (κ3) is 4.27. The van der Waals surface area contributed by atoms with Crippen LogP contribution in [0.3, 0.4) is 0 Å². The Hall–Kier alpha value is -1.92. The van der Waals surface area contributed by atoms with Gasteiger partial charge in [0.15, 0.2) is 0 Å². The van der Waals surface area contributed by atoms with E-state index in [0.717, 1.165) is 25.3 Å². The van der Waals surface area contributed by atoms with Crippen LogP contribution in [-0.2, 0) is 0 Å². The molecular formula is C14H23N5O2. The van der Waals surface area contributed by atoms with Gasteiger partial charge in [-0.15, -0.1) is 0 Å². The number of aromatic nitrogens is 2. The quantitative estimate of drug-likeness (QED) is 0.564. The molecule has 0 unspecified atom stereocenters. The average Bonchev–Trinajstić information content (AvgIpc) is 2.98. The van der Waals surface area contributed by atoms with Crippen molar-refractivity contribution in [3.63, 3.8) is 0 Å². The highest BCUT2D eigenvalue weighted by atomic mass is 16.6. The van der Waals surface area contributed by atoms with Crippen LogP contribution in [0.5, 0.6) is 0 Å². The molecule has 7 heteroatoms. The zero-order valence-corrected chi connectivity index (χ0v) is 12.5. The summed E-state index contributed by atoms with van der Waals surface area (Å²) in [6.45, 7) is 3.37. The van der Waals surface area contributed by atoms with Crippen LogP contribution in [0.15, 0.2) is 6.33 Å². The first-order valence-corrected chi connectivity index (χ1v) is 7.69. The molecule has 0 amide bonds. The summed E-state index contributed by atoms with van der Waals surface area (Å²) in [6.07, 6.45) is 8.45. The van der Waals surface area contributed by atoms with E-state index in [1.807, 2.05) is 6.92 Å². The molecule has 7 nitrogen and oxygen atoms in total. The Labute approximate surface area is 124 Å². The average molecular weight is 293 g/mol. The van der Waals surface area contributed by atoms with Crippen LogP contribution in [0.1, 0.15) is 45.4 Å². The normalized spacial score (nSPS) is 15.1. The van der Waals surface area contributed by atoms with Crippen molar-refractivity contribution in [1.29, 1.82) is 0 Å². The standard InChI is InChI=1S/C14H23N5O2/c1-2-8-15-13-12(19(20)21)14(18-10-17-13)16-9-7-11-5-3-4-6-11/h10-11H,2-9H2,1H3,(H2,15,16,17,18). The Kier molecular flexibility index (Phi) is 5.71. The van der Waals surface area contributed by atoms with Crippen molar-refractivity contribution in [3.8, 4) is 0 Å². The van der Waals surface area contributed by atoms with E-state index in [0.29, 0.717) is 18.2 Å².